The van der Waals surface area contributed by atoms with Crippen LogP contribution in [0.2, 0.25) is 0 Å². The minimum Gasteiger partial charge on any atom is -0.449 e. The van der Waals surface area contributed by atoms with Crippen LogP contribution < -0.4 is 4.72 Å². The lowest BCUT2D eigenvalue weighted by Gasteiger charge is -2.19. The van der Waals surface area contributed by atoms with Crippen molar-refractivity contribution in [1.29, 1.82) is 0 Å². The van der Waals surface area contributed by atoms with E-state index in [1.807, 2.05) is 50.0 Å². The predicted octanol–water partition coefficient (Wildman–Crippen LogP) is 5.43. The molecule has 0 radical (unpaired) electrons. The number of benzene rings is 1. The lowest BCUT2D eigenvalue weighted by Crippen LogP contribution is -2.30. The Morgan fingerprint density at radius 1 is 1.19 bits per heavy atom. The molecule has 0 aliphatic heterocycles. The van der Waals surface area contributed by atoms with E-state index in [4.69, 9.17) is 4.74 Å². The van der Waals surface area contributed by atoms with Crippen LogP contribution in [0.25, 0.3) is 11.1 Å². The molecule has 0 spiro atoms. The molecule has 0 saturated heterocycles. The van der Waals surface area contributed by atoms with Gasteiger partial charge in [0.2, 0.25) is 0 Å². The Labute approximate surface area is 216 Å². The number of hydrogen-bond donors (Lipinski definition) is 1. The Kier molecular flexibility index (Phi) is 8.40. The highest BCUT2D eigenvalue weighted by Crippen LogP contribution is 2.36. The number of sulfonamides is 1. The van der Waals surface area contributed by atoms with Gasteiger partial charge in [-0.15, -0.1) is 11.3 Å². The molecule has 1 aromatic carbocycles. The highest BCUT2D eigenvalue weighted by atomic mass is 32.2. The van der Waals surface area contributed by atoms with Gasteiger partial charge in [-0.1, -0.05) is 52.8 Å². The number of carbonyl (C=O) groups is 2. The number of carbonyl (C=O) groups excluding carboxylic acids is 2. The number of thiophene rings is 1. The van der Waals surface area contributed by atoms with E-state index in [0.717, 1.165) is 22.0 Å². The second kappa shape index (κ2) is 11.0. The normalized spacial score (nSPS) is 12.1. The standard InChI is InChI=1S/C26H33N3O5S2/c1-7-34-25(31)28-36(32,33)23-21(15-20(35-23)13-17(2)3)18-9-8-10-19(14-18)22(30)16-29-12-11-27-24(29)26(4,5)6/h8-12,14-15,17H,7,13,16H2,1-6H3,(H,28,31). The minimum absolute atomic E-state index is 0.0143. The number of ether oxygens (including phenoxy) is 1. The fourth-order valence-electron chi connectivity index (χ4n) is 3.83. The molecule has 0 atom stereocenters. The number of amides is 1. The van der Waals surface area contributed by atoms with Gasteiger partial charge < -0.3 is 9.30 Å². The highest BCUT2D eigenvalue weighted by Gasteiger charge is 2.27. The molecule has 3 rings (SSSR count). The van der Waals surface area contributed by atoms with Crippen LogP contribution in [0.15, 0.2) is 46.9 Å². The van der Waals surface area contributed by atoms with Crippen LogP contribution in [0.3, 0.4) is 0 Å². The molecule has 3 aromatic rings. The quantitative estimate of drug-likeness (QED) is 0.369. The minimum atomic E-state index is -4.17. The molecule has 2 aromatic heterocycles. The van der Waals surface area contributed by atoms with Gasteiger partial charge in [0.05, 0.1) is 13.2 Å². The van der Waals surface area contributed by atoms with Gasteiger partial charge in [-0.3, -0.25) is 4.79 Å². The van der Waals surface area contributed by atoms with Crippen LogP contribution in [-0.2, 0) is 33.1 Å². The van der Waals surface area contributed by atoms with Crippen LogP contribution in [0.4, 0.5) is 4.79 Å². The maximum absolute atomic E-state index is 13.2. The summed E-state index contributed by atoms with van der Waals surface area (Å²) in [6.07, 6.45) is 3.12. The molecule has 8 nitrogen and oxygen atoms in total. The highest BCUT2D eigenvalue weighted by molar-refractivity contribution is 7.92. The van der Waals surface area contributed by atoms with Crippen molar-refractivity contribution < 1.29 is 22.7 Å². The van der Waals surface area contributed by atoms with Gasteiger partial charge in [0.1, 0.15) is 10.0 Å². The third kappa shape index (κ3) is 6.61. The van der Waals surface area contributed by atoms with E-state index < -0.39 is 16.1 Å². The van der Waals surface area contributed by atoms with Gasteiger partial charge in [0, 0.05) is 33.8 Å². The van der Waals surface area contributed by atoms with E-state index in [1.54, 1.807) is 43.6 Å². The summed E-state index contributed by atoms with van der Waals surface area (Å²) in [4.78, 5) is 30.4. The Hall–Kier alpha value is -2.98. The number of nitrogens with one attached hydrogen (secondary N) is 1. The van der Waals surface area contributed by atoms with Crippen LogP contribution in [0.1, 0.15) is 62.6 Å². The zero-order valence-corrected chi connectivity index (χ0v) is 23.1. The van der Waals surface area contributed by atoms with E-state index >= 15 is 0 Å². The topological polar surface area (TPSA) is 107 Å². The van der Waals surface area contributed by atoms with E-state index in [2.05, 4.69) is 4.98 Å². The first kappa shape index (κ1) is 27.6. The zero-order valence-electron chi connectivity index (χ0n) is 21.5. The smallest absolute Gasteiger partial charge is 0.421 e. The maximum atomic E-state index is 13.2. The summed E-state index contributed by atoms with van der Waals surface area (Å²) in [5, 5.41) is 0. The van der Waals surface area contributed by atoms with E-state index in [9.17, 15) is 18.0 Å². The molecule has 0 aliphatic carbocycles. The summed E-state index contributed by atoms with van der Waals surface area (Å²) in [6, 6.07) is 8.73. The Balaban J connectivity index is 1.99. The van der Waals surface area contributed by atoms with Gasteiger partial charge in [-0.25, -0.2) is 22.9 Å². The third-order valence-electron chi connectivity index (χ3n) is 5.29. The molecule has 0 unspecified atom stereocenters. The summed E-state index contributed by atoms with van der Waals surface area (Å²) < 4.78 is 34.8. The fourth-order valence-corrected chi connectivity index (χ4v) is 6.67. The third-order valence-corrected chi connectivity index (χ3v) is 8.30. The number of nitrogens with zero attached hydrogens (tertiary/aromatic N) is 2. The van der Waals surface area contributed by atoms with Crippen molar-refractivity contribution in [1.82, 2.24) is 14.3 Å². The average molecular weight is 532 g/mol. The monoisotopic (exact) mass is 531 g/mol. The molecule has 0 saturated carbocycles. The average Bonchev–Trinajstić information content (AvgIpc) is 3.40. The van der Waals surface area contributed by atoms with Gasteiger partial charge >= 0.3 is 6.09 Å². The molecule has 10 heteroatoms. The second-order valence-corrected chi connectivity index (χ2v) is 13.0. The maximum Gasteiger partial charge on any atom is 0.421 e. The molecule has 0 fully saturated rings. The Bertz CT molecular complexity index is 1350. The van der Waals surface area contributed by atoms with E-state index in [-0.39, 0.29) is 28.6 Å². The van der Waals surface area contributed by atoms with Gasteiger partial charge in [-0.05, 0) is 37.0 Å². The number of hydrogen-bond acceptors (Lipinski definition) is 7. The van der Waals surface area contributed by atoms with Gasteiger partial charge in [0.15, 0.2) is 5.78 Å². The molecule has 0 bridgehead atoms. The van der Waals surface area contributed by atoms with Gasteiger partial charge in [0.25, 0.3) is 10.0 Å². The summed E-state index contributed by atoms with van der Waals surface area (Å²) in [7, 11) is -4.17. The zero-order chi connectivity index (χ0) is 26.7. The summed E-state index contributed by atoms with van der Waals surface area (Å²) in [6.45, 7) is 12.0. The fraction of sp³-hybridized carbons (Fsp3) is 0.423. The van der Waals surface area contributed by atoms with Crippen LogP contribution in [0.5, 0.6) is 0 Å². The Morgan fingerprint density at radius 3 is 2.56 bits per heavy atom. The van der Waals surface area contributed by atoms with Crippen molar-refractivity contribution in [2.45, 2.75) is 64.1 Å². The lowest BCUT2D eigenvalue weighted by molar-refractivity contribution is 0.0970. The number of rotatable bonds is 9. The first-order chi connectivity index (χ1) is 16.8. The van der Waals surface area contributed by atoms with Gasteiger partial charge in [-0.2, -0.15) is 0 Å². The number of Topliss-reactive ketones (excluding diaryl/α,β-unsaturated/α-hetero) is 1. The first-order valence-electron chi connectivity index (χ1n) is 11.8. The van der Waals surface area contributed by atoms with Crippen molar-refractivity contribution in [3.8, 4) is 11.1 Å². The predicted molar refractivity (Wildman–Crippen MR) is 141 cm³/mol. The molecule has 2 heterocycles. The SMILES string of the molecule is CCOC(=O)NS(=O)(=O)c1sc(CC(C)C)cc1-c1cccc(C(=O)Cn2ccnc2C(C)(C)C)c1. The molecule has 194 valence electrons. The van der Waals surface area contributed by atoms with Crippen LogP contribution in [0, 0.1) is 5.92 Å². The Morgan fingerprint density at radius 2 is 1.92 bits per heavy atom. The van der Waals surface area contributed by atoms with Crippen molar-refractivity contribution >= 4 is 33.2 Å². The van der Waals surface area contributed by atoms with E-state index in [0.29, 0.717) is 29.0 Å². The van der Waals surface area contributed by atoms with Crippen LogP contribution >= 0.6 is 11.3 Å². The summed E-state index contributed by atoms with van der Waals surface area (Å²) in [5.41, 5.74) is 1.27. The number of aromatic nitrogens is 2. The summed E-state index contributed by atoms with van der Waals surface area (Å²) in [5.74, 6) is 0.999. The molecular formula is C26H33N3O5S2. The van der Waals surface area contributed by atoms with Crippen molar-refractivity contribution in [3.63, 3.8) is 0 Å². The van der Waals surface area contributed by atoms with Crippen molar-refractivity contribution in [2.75, 3.05) is 6.61 Å². The van der Waals surface area contributed by atoms with E-state index in [1.165, 1.54) is 0 Å². The molecule has 1 N–H and O–H groups in total. The molecular weight excluding hydrogens is 498 g/mol. The summed E-state index contributed by atoms with van der Waals surface area (Å²) >= 11 is 1.12. The van der Waals surface area contributed by atoms with Crippen LogP contribution in [-0.4, -0.2) is 36.5 Å². The molecule has 36 heavy (non-hydrogen) atoms. The lowest BCUT2D eigenvalue weighted by atomic mass is 9.95. The largest absolute Gasteiger partial charge is 0.449 e. The number of ketones is 1. The molecule has 0 aliphatic rings. The van der Waals surface area contributed by atoms with Crippen molar-refractivity contribution in [3.05, 3.63) is 59.0 Å². The second-order valence-electron chi connectivity index (χ2n) is 9.97. The van der Waals surface area contributed by atoms with Crippen molar-refractivity contribution in [2.24, 2.45) is 5.92 Å². The number of imidazole rings is 1. The molecule has 1 amide bonds. The first-order valence-corrected chi connectivity index (χ1v) is 14.1.